The van der Waals surface area contributed by atoms with E-state index in [4.69, 9.17) is 4.74 Å². The number of amides is 1. The van der Waals surface area contributed by atoms with Crippen LogP contribution in [0.25, 0.3) is 0 Å². The lowest BCUT2D eigenvalue weighted by Crippen LogP contribution is -2.46. The van der Waals surface area contributed by atoms with Gasteiger partial charge in [0.1, 0.15) is 6.54 Å². The number of ether oxygens (including phenoxy) is 1. The van der Waals surface area contributed by atoms with E-state index in [0.29, 0.717) is 18.0 Å². The van der Waals surface area contributed by atoms with Gasteiger partial charge in [0, 0.05) is 52.4 Å². The molecular weight excluding hydrogens is 318 g/mol. The van der Waals surface area contributed by atoms with Crippen LogP contribution in [-0.2, 0) is 9.53 Å². The Morgan fingerprint density at radius 2 is 1.88 bits per heavy atom. The highest BCUT2D eigenvalue weighted by Gasteiger charge is 2.16. The Hall–Kier alpha value is -1.34. The maximum atomic E-state index is 11.8. The summed E-state index contributed by atoms with van der Waals surface area (Å²) in [6.07, 6.45) is 2.42. The first kappa shape index (κ1) is 21.7. The van der Waals surface area contributed by atoms with Gasteiger partial charge >= 0.3 is 0 Å². The van der Waals surface area contributed by atoms with Crippen molar-refractivity contribution in [3.63, 3.8) is 0 Å². The molecule has 7 nitrogen and oxygen atoms in total. The lowest BCUT2D eigenvalue weighted by atomic mass is 10.2. The van der Waals surface area contributed by atoms with Crippen LogP contribution < -0.4 is 10.6 Å². The molecule has 0 bridgehead atoms. The highest BCUT2D eigenvalue weighted by Crippen LogP contribution is 2.10. The second-order valence-electron chi connectivity index (χ2n) is 7.32. The van der Waals surface area contributed by atoms with E-state index in [9.17, 15) is 4.79 Å². The van der Waals surface area contributed by atoms with Crippen LogP contribution in [0.1, 0.15) is 40.5 Å². The molecule has 1 unspecified atom stereocenters. The molecule has 0 saturated carbocycles. The molecule has 0 aromatic heterocycles. The molecule has 1 aliphatic heterocycles. The fourth-order valence-electron chi connectivity index (χ4n) is 2.89. The zero-order chi connectivity index (χ0) is 18.8. The van der Waals surface area contributed by atoms with Gasteiger partial charge in [-0.2, -0.15) is 0 Å². The van der Waals surface area contributed by atoms with E-state index in [1.807, 2.05) is 0 Å². The number of aliphatic imine (C=N–C) groups is 1. The zero-order valence-electron chi connectivity index (χ0n) is 16.8. The third-order valence-corrected chi connectivity index (χ3v) is 4.38. The highest BCUT2D eigenvalue weighted by molar-refractivity contribution is 5.84. The van der Waals surface area contributed by atoms with Crippen LogP contribution in [0.3, 0.4) is 0 Å². The molecule has 1 fully saturated rings. The number of likely N-dealkylation sites (N-methyl/N-ethyl adjacent to an activating group) is 1. The van der Waals surface area contributed by atoms with Crippen LogP contribution in [-0.4, -0.2) is 86.7 Å². The van der Waals surface area contributed by atoms with Crippen LogP contribution >= 0.6 is 0 Å². The molecule has 1 saturated heterocycles. The molecule has 1 aliphatic rings. The van der Waals surface area contributed by atoms with Crippen molar-refractivity contribution in [2.24, 2.45) is 4.99 Å². The van der Waals surface area contributed by atoms with E-state index in [-0.39, 0.29) is 18.6 Å². The van der Waals surface area contributed by atoms with Gasteiger partial charge in [-0.25, -0.2) is 4.99 Å². The second-order valence-corrected chi connectivity index (χ2v) is 7.32. The molecule has 7 heteroatoms. The largest absolute Gasteiger partial charge is 0.376 e. The summed E-state index contributed by atoms with van der Waals surface area (Å²) in [6, 6.07) is 0.995. The van der Waals surface area contributed by atoms with E-state index in [1.165, 1.54) is 0 Å². The number of carbonyl (C=O) groups is 1. The van der Waals surface area contributed by atoms with E-state index in [1.54, 1.807) is 19.0 Å². The third kappa shape index (κ3) is 8.54. The van der Waals surface area contributed by atoms with Crippen molar-refractivity contribution in [2.45, 2.75) is 58.7 Å². The fourth-order valence-corrected chi connectivity index (χ4v) is 2.89. The molecule has 1 rings (SSSR count). The second kappa shape index (κ2) is 11.3. The molecule has 25 heavy (non-hydrogen) atoms. The Balaban J connectivity index is 2.53. The summed E-state index contributed by atoms with van der Waals surface area (Å²) in [7, 11) is 3.49. The van der Waals surface area contributed by atoms with Gasteiger partial charge in [0.15, 0.2) is 5.96 Å². The van der Waals surface area contributed by atoms with Crippen LogP contribution in [0.5, 0.6) is 0 Å². The fraction of sp³-hybridized carbons (Fsp3) is 0.889. The van der Waals surface area contributed by atoms with Gasteiger partial charge in [0.05, 0.1) is 6.10 Å². The molecule has 1 amide bonds. The SMILES string of the molecule is CC(C)N(CCNC(=NCC(=O)N(C)C)NCC1CCCO1)C(C)C. The molecule has 0 aromatic rings. The summed E-state index contributed by atoms with van der Waals surface area (Å²) in [5.74, 6) is 0.669. The third-order valence-electron chi connectivity index (χ3n) is 4.38. The molecule has 146 valence electrons. The van der Waals surface area contributed by atoms with Crippen LogP contribution in [0.4, 0.5) is 0 Å². The minimum Gasteiger partial charge on any atom is -0.376 e. The first-order valence-electron chi connectivity index (χ1n) is 9.41. The lowest BCUT2D eigenvalue weighted by Gasteiger charge is -2.30. The predicted molar refractivity (Wildman–Crippen MR) is 103 cm³/mol. The van der Waals surface area contributed by atoms with E-state index < -0.39 is 0 Å². The first-order valence-corrected chi connectivity index (χ1v) is 9.41. The van der Waals surface area contributed by atoms with E-state index >= 15 is 0 Å². The maximum Gasteiger partial charge on any atom is 0.243 e. The van der Waals surface area contributed by atoms with E-state index in [2.05, 4.69) is 48.2 Å². The summed E-state index contributed by atoms with van der Waals surface area (Å²) >= 11 is 0. The Labute approximate surface area is 153 Å². The van der Waals surface area contributed by atoms with Gasteiger partial charge in [-0.05, 0) is 40.5 Å². The summed E-state index contributed by atoms with van der Waals surface area (Å²) in [6.45, 7) is 12.2. The quantitative estimate of drug-likeness (QED) is 0.475. The van der Waals surface area contributed by atoms with E-state index in [0.717, 1.165) is 39.1 Å². The molecule has 0 aromatic carbocycles. The maximum absolute atomic E-state index is 11.8. The topological polar surface area (TPSA) is 69.2 Å². The summed E-state index contributed by atoms with van der Waals surface area (Å²) in [5, 5.41) is 6.66. The van der Waals surface area contributed by atoms with Crippen molar-refractivity contribution in [2.75, 3.05) is 46.9 Å². The summed E-state index contributed by atoms with van der Waals surface area (Å²) in [5.41, 5.74) is 0. The summed E-state index contributed by atoms with van der Waals surface area (Å²) in [4.78, 5) is 20.2. The van der Waals surface area contributed by atoms with Gasteiger partial charge in [0.2, 0.25) is 5.91 Å². The predicted octanol–water partition coefficient (Wildman–Crippen LogP) is 0.908. The number of rotatable bonds is 9. The lowest BCUT2D eigenvalue weighted by molar-refractivity contribution is -0.127. The average Bonchev–Trinajstić information content (AvgIpc) is 3.05. The van der Waals surface area contributed by atoms with Crippen LogP contribution in [0, 0.1) is 0 Å². The van der Waals surface area contributed by atoms with Crippen LogP contribution in [0.2, 0.25) is 0 Å². The molecule has 0 aliphatic carbocycles. The number of carbonyl (C=O) groups excluding carboxylic acids is 1. The van der Waals surface area contributed by atoms with Crippen molar-refractivity contribution in [3.05, 3.63) is 0 Å². The number of guanidine groups is 1. The van der Waals surface area contributed by atoms with Gasteiger partial charge in [-0.3, -0.25) is 9.69 Å². The standard InChI is InChI=1S/C18H37N5O2/c1-14(2)23(15(3)4)10-9-19-18(21-13-17(24)22(5)6)20-12-16-8-7-11-25-16/h14-16H,7-13H2,1-6H3,(H2,19,20,21). The van der Waals surface area contributed by atoms with Gasteiger partial charge in [-0.15, -0.1) is 0 Å². The Kier molecular flexibility index (Phi) is 9.82. The molecule has 1 atom stereocenters. The van der Waals surface area contributed by atoms with Crippen LogP contribution in [0.15, 0.2) is 4.99 Å². The van der Waals surface area contributed by atoms with Crippen molar-refractivity contribution >= 4 is 11.9 Å². The van der Waals surface area contributed by atoms with Crippen molar-refractivity contribution in [1.82, 2.24) is 20.4 Å². The molecule has 2 N–H and O–H groups in total. The Morgan fingerprint density at radius 1 is 1.20 bits per heavy atom. The molecular formula is C18H37N5O2. The highest BCUT2D eigenvalue weighted by atomic mass is 16.5. The number of hydrogen-bond donors (Lipinski definition) is 2. The number of nitrogens with zero attached hydrogens (tertiary/aromatic N) is 3. The van der Waals surface area contributed by atoms with Crippen molar-refractivity contribution in [3.8, 4) is 0 Å². The minimum absolute atomic E-state index is 0.01000. The van der Waals surface area contributed by atoms with Gasteiger partial charge < -0.3 is 20.3 Å². The van der Waals surface area contributed by atoms with Crippen molar-refractivity contribution < 1.29 is 9.53 Å². The molecule has 1 heterocycles. The smallest absolute Gasteiger partial charge is 0.243 e. The normalized spacial score (nSPS) is 18.3. The van der Waals surface area contributed by atoms with Gasteiger partial charge in [-0.1, -0.05) is 0 Å². The first-order chi connectivity index (χ1) is 11.8. The van der Waals surface area contributed by atoms with Gasteiger partial charge in [0.25, 0.3) is 0 Å². The number of nitrogens with one attached hydrogen (secondary N) is 2. The Morgan fingerprint density at radius 3 is 2.40 bits per heavy atom. The average molecular weight is 356 g/mol. The Bertz CT molecular complexity index is 410. The summed E-state index contributed by atoms with van der Waals surface area (Å²) < 4.78 is 5.64. The number of hydrogen-bond acceptors (Lipinski definition) is 4. The van der Waals surface area contributed by atoms with Crippen molar-refractivity contribution in [1.29, 1.82) is 0 Å². The molecule has 0 radical (unpaired) electrons. The minimum atomic E-state index is -0.01000. The monoisotopic (exact) mass is 355 g/mol. The zero-order valence-corrected chi connectivity index (χ0v) is 16.8. The molecule has 0 spiro atoms.